The summed E-state index contributed by atoms with van der Waals surface area (Å²) in [5.41, 5.74) is 1.07. The predicted octanol–water partition coefficient (Wildman–Crippen LogP) is 2.30. The molecule has 1 atom stereocenters. The molecule has 0 amide bonds. The standard InChI is InChI=1S/C19H22N4O4S/c1-24-14-9-16-15(26-12-27-16)8-13(14)19-23(4-7-28-19)18-10-17(20-11-21-18)22-2-5-25-6-3-22/h8-11,19H,2-7,12H2,1H3. The first-order valence-corrected chi connectivity index (χ1v) is 10.4. The number of benzene rings is 1. The van der Waals surface area contributed by atoms with Crippen LogP contribution in [0.2, 0.25) is 0 Å². The molecule has 3 aliphatic rings. The molecular formula is C19H22N4O4S. The quantitative estimate of drug-likeness (QED) is 0.766. The summed E-state index contributed by atoms with van der Waals surface area (Å²) in [4.78, 5) is 13.6. The number of methoxy groups -OCH3 is 1. The van der Waals surface area contributed by atoms with Crippen LogP contribution in [0.15, 0.2) is 24.5 Å². The summed E-state index contributed by atoms with van der Waals surface area (Å²) >= 11 is 1.87. The molecule has 4 heterocycles. The van der Waals surface area contributed by atoms with E-state index in [4.69, 9.17) is 18.9 Å². The van der Waals surface area contributed by atoms with E-state index in [0.29, 0.717) is 0 Å². The van der Waals surface area contributed by atoms with Gasteiger partial charge in [-0.25, -0.2) is 9.97 Å². The predicted molar refractivity (Wildman–Crippen MR) is 107 cm³/mol. The molecule has 0 saturated carbocycles. The first-order chi connectivity index (χ1) is 13.8. The Balaban J connectivity index is 1.46. The monoisotopic (exact) mass is 402 g/mol. The van der Waals surface area contributed by atoms with Crippen molar-refractivity contribution in [2.45, 2.75) is 5.37 Å². The third kappa shape index (κ3) is 3.18. The van der Waals surface area contributed by atoms with Gasteiger partial charge in [-0.05, 0) is 6.07 Å². The van der Waals surface area contributed by atoms with E-state index in [9.17, 15) is 0 Å². The smallest absolute Gasteiger partial charge is 0.231 e. The minimum atomic E-state index is 0.0943. The van der Waals surface area contributed by atoms with Crippen molar-refractivity contribution in [1.29, 1.82) is 0 Å². The fourth-order valence-electron chi connectivity index (χ4n) is 3.73. The van der Waals surface area contributed by atoms with Gasteiger partial charge < -0.3 is 28.7 Å². The maximum absolute atomic E-state index is 5.66. The highest BCUT2D eigenvalue weighted by Gasteiger charge is 2.32. The summed E-state index contributed by atoms with van der Waals surface area (Å²) in [6.45, 7) is 4.33. The van der Waals surface area contributed by atoms with Crippen LogP contribution in [-0.4, -0.2) is 62.5 Å². The topological polar surface area (TPSA) is 69.2 Å². The summed E-state index contributed by atoms with van der Waals surface area (Å²) < 4.78 is 22.2. The Bertz CT molecular complexity index is 862. The van der Waals surface area contributed by atoms with E-state index in [1.165, 1.54) is 0 Å². The molecule has 148 valence electrons. The molecule has 1 aromatic carbocycles. The zero-order valence-corrected chi connectivity index (χ0v) is 16.5. The van der Waals surface area contributed by atoms with E-state index in [-0.39, 0.29) is 12.2 Å². The number of anilines is 2. The van der Waals surface area contributed by atoms with Crippen molar-refractivity contribution < 1.29 is 18.9 Å². The zero-order chi connectivity index (χ0) is 18.9. The number of nitrogens with zero attached hydrogens (tertiary/aromatic N) is 4. The summed E-state index contributed by atoms with van der Waals surface area (Å²) in [5, 5.41) is 0.0943. The molecule has 1 aromatic heterocycles. The van der Waals surface area contributed by atoms with Crippen molar-refractivity contribution in [2.24, 2.45) is 0 Å². The number of rotatable bonds is 4. The lowest BCUT2D eigenvalue weighted by atomic mass is 10.1. The molecule has 0 spiro atoms. The van der Waals surface area contributed by atoms with Crippen LogP contribution >= 0.6 is 11.8 Å². The lowest BCUT2D eigenvalue weighted by Crippen LogP contribution is -2.37. The number of ether oxygens (including phenoxy) is 4. The number of morpholine rings is 1. The van der Waals surface area contributed by atoms with Crippen LogP contribution in [0.25, 0.3) is 0 Å². The van der Waals surface area contributed by atoms with Crippen LogP contribution in [0.3, 0.4) is 0 Å². The van der Waals surface area contributed by atoms with Gasteiger partial charge in [0.1, 0.15) is 29.1 Å². The fraction of sp³-hybridized carbons (Fsp3) is 0.474. The Kier molecular flexibility index (Phi) is 4.77. The summed E-state index contributed by atoms with van der Waals surface area (Å²) in [6.07, 6.45) is 1.65. The molecule has 28 heavy (non-hydrogen) atoms. The van der Waals surface area contributed by atoms with Crippen molar-refractivity contribution in [1.82, 2.24) is 9.97 Å². The van der Waals surface area contributed by atoms with Gasteiger partial charge in [-0.15, -0.1) is 11.8 Å². The molecule has 0 bridgehead atoms. The van der Waals surface area contributed by atoms with Gasteiger partial charge in [0.05, 0.1) is 20.3 Å². The normalized spacial score (nSPS) is 21.2. The van der Waals surface area contributed by atoms with Crippen LogP contribution in [0.4, 0.5) is 11.6 Å². The molecule has 2 saturated heterocycles. The highest BCUT2D eigenvalue weighted by atomic mass is 32.2. The van der Waals surface area contributed by atoms with E-state index in [1.54, 1.807) is 13.4 Å². The van der Waals surface area contributed by atoms with Gasteiger partial charge in [0.15, 0.2) is 11.5 Å². The average Bonchev–Trinajstić information content (AvgIpc) is 3.42. The van der Waals surface area contributed by atoms with E-state index >= 15 is 0 Å². The Hall–Kier alpha value is -2.39. The fourth-order valence-corrected chi connectivity index (χ4v) is 5.01. The van der Waals surface area contributed by atoms with Crippen LogP contribution in [0.5, 0.6) is 17.2 Å². The number of hydrogen-bond acceptors (Lipinski definition) is 9. The number of aromatic nitrogens is 2. The van der Waals surface area contributed by atoms with Crippen molar-refractivity contribution in [3.63, 3.8) is 0 Å². The van der Waals surface area contributed by atoms with Crippen LogP contribution < -0.4 is 24.0 Å². The lowest BCUT2D eigenvalue weighted by molar-refractivity contribution is 0.122. The summed E-state index contributed by atoms with van der Waals surface area (Å²) in [6, 6.07) is 6.01. The number of thioether (sulfide) groups is 1. The molecule has 0 radical (unpaired) electrons. The lowest BCUT2D eigenvalue weighted by Gasteiger charge is -2.30. The maximum atomic E-state index is 5.66. The Labute approximate surface area is 167 Å². The van der Waals surface area contributed by atoms with Gasteiger partial charge in [0, 0.05) is 43.1 Å². The highest BCUT2D eigenvalue weighted by molar-refractivity contribution is 7.99. The van der Waals surface area contributed by atoms with Crippen molar-refractivity contribution in [2.75, 3.05) is 62.3 Å². The molecule has 5 rings (SSSR count). The first kappa shape index (κ1) is 17.7. The molecule has 0 N–H and O–H groups in total. The first-order valence-electron chi connectivity index (χ1n) is 9.34. The van der Waals surface area contributed by atoms with Crippen LogP contribution in [0.1, 0.15) is 10.9 Å². The minimum Gasteiger partial charge on any atom is -0.496 e. The second kappa shape index (κ2) is 7.56. The zero-order valence-electron chi connectivity index (χ0n) is 15.7. The molecule has 2 aromatic rings. The van der Waals surface area contributed by atoms with Gasteiger partial charge in [-0.3, -0.25) is 0 Å². The summed E-state index contributed by atoms with van der Waals surface area (Å²) in [7, 11) is 1.69. The van der Waals surface area contributed by atoms with Crippen molar-refractivity contribution >= 4 is 23.4 Å². The van der Waals surface area contributed by atoms with Gasteiger partial charge in [-0.1, -0.05) is 0 Å². The molecule has 0 aliphatic carbocycles. The highest BCUT2D eigenvalue weighted by Crippen LogP contribution is 2.48. The molecule has 1 unspecified atom stereocenters. The second-order valence-corrected chi connectivity index (χ2v) is 7.89. The molecule has 2 fully saturated rings. The molecular weight excluding hydrogens is 380 g/mol. The van der Waals surface area contributed by atoms with Gasteiger partial charge in [0.25, 0.3) is 0 Å². The SMILES string of the molecule is COc1cc2c(cc1C1SCCN1c1cc(N3CCOCC3)ncn1)OCO2. The van der Waals surface area contributed by atoms with Crippen molar-refractivity contribution in [3.05, 3.63) is 30.1 Å². The Morgan fingerprint density at radius 3 is 2.64 bits per heavy atom. The number of hydrogen-bond donors (Lipinski definition) is 0. The van der Waals surface area contributed by atoms with Gasteiger partial charge in [0.2, 0.25) is 6.79 Å². The van der Waals surface area contributed by atoms with E-state index in [0.717, 1.165) is 73.0 Å². The minimum absolute atomic E-state index is 0.0943. The Morgan fingerprint density at radius 1 is 1.04 bits per heavy atom. The van der Waals surface area contributed by atoms with Crippen LogP contribution in [-0.2, 0) is 4.74 Å². The van der Waals surface area contributed by atoms with Gasteiger partial charge in [-0.2, -0.15) is 0 Å². The molecule has 9 heteroatoms. The average molecular weight is 402 g/mol. The van der Waals surface area contributed by atoms with Crippen LogP contribution in [0, 0.1) is 0 Å². The van der Waals surface area contributed by atoms with E-state index in [2.05, 4.69) is 25.8 Å². The van der Waals surface area contributed by atoms with E-state index < -0.39 is 0 Å². The summed E-state index contributed by atoms with van der Waals surface area (Å²) in [5.74, 6) is 5.18. The maximum Gasteiger partial charge on any atom is 0.231 e. The van der Waals surface area contributed by atoms with Crippen molar-refractivity contribution in [3.8, 4) is 17.2 Å². The third-order valence-electron chi connectivity index (χ3n) is 5.15. The van der Waals surface area contributed by atoms with Gasteiger partial charge >= 0.3 is 0 Å². The molecule has 3 aliphatic heterocycles. The Morgan fingerprint density at radius 2 is 1.82 bits per heavy atom. The van der Waals surface area contributed by atoms with E-state index in [1.807, 2.05) is 23.9 Å². The largest absolute Gasteiger partial charge is 0.496 e. The number of fused-ring (bicyclic) bond motifs is 1. The third-order valence-corrected chi connectivity index (χ3v) is 6.39. The second-order valence-electron chi connectivity index (χ2n) is 6.70. The molecule has 8 nitrogen and oxygen atoms in total.